The Balaban J connectivity index is 1.71. The molecule has 4 aliphatic rings. The van der Waals surface area contributed by atoms with Crippen molar-refractivity contribution in [1.82, 2.24) is 0 Å². The molecule has 0 atom stereocenters. The zero-order chi connectivity index (χ0) is 25.9. The summed E-state index contributed by atoms with van der Waals surface area (Å²) in [7, 11) is 0. The van der Waals surface area contributed by atoms with Gasteiger partial charge in [0.2, 0.25) is 0 Å². The van der Waals surface area contributed by atoms with Crippen LogP contribution in [0.5, 0.6) is 11.5 Å². The lowest BCUT2D eigenvalue weighted by Crippen LogP contribution is -2.64. The fourth-order valence-electron chi connectivity index (χ4n) is 9.35. The van der Waals surface area contributed by atoms with Crippen LogP contribution >= 0.6 is 0 Å². The summed E-state index contributed by atoms with van der Waals surface area (Å²) in [5, 5.41) is 18.3. The van der Waals surface area contributed by atoms with Gasteiger partial charge in [0, 0.05) is 0 Å². The Labute approximate surface area is 216 Å². The standard InChI is InChI=1S/C32H38N2O2/c1-7-29-13-30(8-2)16-31(14-29,25-9-21(3)27(35-19-33)22(4)10-25)18-32(15-29,17-30)26-11-23(5)28(36-20-34)24(6)12-26/h9-12H,7-8,13-18H2,1-6H3. The lowest BCUT2D eigenvalue weighted by molar-refractivity contribution is -0.145. The molecule has 0 spiro atoms. The second-order valence-corrected chi connectivity index (χ2v) is 12.6. The summed E-state index contributed by atoms with van der Waals surface area (Å²) in [6.45, 7) is 13.1. The highest BCUT2D eigenvalue weighted by molar-refractivity contribution is 5.51. The third-order valence-electron chi connectivity index (χ3n) is 10.2. The van der Waals surface area contributed by atoms with Crippen molar-refractivity contribution in [3.05, 3.63) is 57.6 Å². The number of ether oxygens (including phenoxy) is 2. The van der Waals surface area contributed by atoms with Crippen LogP contribution < -0.4 is 9.47 Å². The first-order chi connectivity index (χ1) is 17.1. The van der Waals surface area contributed by atoms with Crippen LogP contribution in [0.25, 0.3) is 0 Å². The number of rotatable bonds is 6. The Morgan fingerprint density at radius 1 is 0.611 bits per heavy atom. The Hall–Kier alpha value is -2.98. The quantitative estimate of drug-likeness (QED) is 0.391. The normalized spacial score (nSPS) is 32.1. The minimum Gasteiger partial charge on any atom is -0.387 e. The van der Waals surface area contributed by atoms with E-state index < -0.39 is 0 Å². The number of hydrogen-bond donors (Lipinski definition) is 0. The second kappa shape index (κ2) is 8.27. The van der Waals surface area contributed by atoms with Gasteiger partial charge in [0.25, 0.3) is 12.5 Å². The van der Waals surface area contributed by atoms with Gasteiger partial charge < -0.3 is 9.47 Å². The minimum absolute atomic E-state index is 0.116. The molecule has 4 heteroatoms. The van der Waals surface area contributed by atoms with Crippen LogP contribution in [0.1, 0.15) is 98.6 Å². The van der Waals surface area contributed by atoms with E-state index in [2.05, 4.69) is 65.8 Å². The maximum atomic E-state index is 9.16. The largest absolute Gasteiger partial charge is 0.387 e. The summed E-state index contributed by atoms with van der Waals surface area (Å²) in [6, 6.07) is 9.25. The zero-order valence-electron chi connectivity index (χ0n) is 22.7. The Morgan fingerprint density at radius 2 is 0.944 bits per heavy atom. The van der Waals surface area contributed by atoms with E-state index in [-0.39, 0.29) is 10.8 Å². The summed E-state index contributed by atoms with van der Waals surface area (Å²) in [6.07, 6.45) is 13.6. The van der Waals surface area contributed by atoms with Crippen molar-refractivity contribution in [2.45, 2.75) is 104 Å². The maximum Gasteiger partial charge on any atom is 0.292 e. The Morgan fingerprint density at radius 3 is 1.22 bits per heavy atom. The van der Waals surface area contributed by atoms with Crippen molar-refractivity contribution < 1.29 is 9.47 Å². The molecule has 188 valence electrons. The van der Waals surface area contributed by atoms with Gasteiger partial charge in [-0.3, -0.25) is 0 Å². The highest BCUT2D eigenvalue weighted by Gasteiger charge is 2.67. The molecular formula is C32H38N2O2. The van der Waals surface area contributed by atoms with E-state index in [4.69, 9.17) is 20.0 Å². The van der Waals surface area contributed by atoms with E-state index in [9.17, 15) is 0 Å². The maximum absolute atomic E-state index is 9.16. The Bertz CT molecular complexity index is 1150. The van der Waals surface area contributed by atoms with Crippen molar-refractivity contribution in [2.24, 2.45) is 10.8 Å². The van der Waals surface area contributed by atoms with E-state index in [0.717, 1.165) is 28.7 Å². The van der Waals surface area contributed by atoms with E-state index in [1.165, 1.54) is 56.1 Å². The number of nitrogens with zero attached hydrogens (tertiary/aromatic N) is 2. The monoisotopic (exact) mass is 482 g/mol. The van der Waals surface area contributed by atoms with Crippen LogP contribution in [0.15, 0.2) is 24.3 Å². The highest BCUT2D eigenvalue weighted by atomic mass is 16.5. The number of aryl methyl sites for hydroxylation is 4. The SMILES string of the molecule is CCC12CC3(CC)CC(c4cc(C)c(OC#N)c(C)c4)(C1)CC(c1cc(C)c(OC#N)c(C)c1)(C2)C3. The first-order valence-corrected chi connectivity index (χ1v) is 13.4. The third-order valence-corrected chi connectivity index (χ3v) is 10.2. The van der Waals surface area contributed by atoms with E-state index >= 15 is 0 Å². The lowest BCUT2D eigenvalue weighted by atomic mass is 9.33. The molecule has 0 unspecified atom stereocenters. The average Bonchev–Trinajstić information content (AvgIpc) is 2.82. The summed E-state index contributed by atoms with van der Waals surface area (Å²) in [5.74, 6) is 1.41. The molecule has 6 rings (SSSR count). The van der Waals surface area contributed by atoms with Crippen LogP contribution in [0.2, 0.25) is 0 Å². The van der Waals surface area contributed by atoms with Gasteiger partial charge in [0.15, 0.2) is 0 Å². The molecule has 4 nitrogen and oxygen atoms in total. The summed E-state index contributed by atoms with van der Waals surface area (Å²) in [4.78, 5) is 0. The molecular weight excluding hydrogens is 444 g/mol. The molecule has 2 aromatic carbocycles. The van der Waals surface area contributed by atoms with Gasteiger partial charge in [-0.05, 0) is 121 Å². The van der Waals surface area contributed by atoms with E-state index in [1.807, 2.05) is 12.5 Å². The van der Waals surface area contributed by atoms with Crippen LogP contribution in [0.4, 0.5) is 0 Å². The van der Waals surface area contributed by atoms with E-state index in [1.54, 1.807) is 0 Å². The summed E-state index contributed by atoms with van der Waals surface area (Å²) in [5.41, 5.74) is 7.97. The molecule has 4 saturated carbocycles. The van der Waals surface area contributed by atoms with Gasteiger partial charge in [-0.15, -0.1) is 10.5 Å². The van der Waals surface area contributed by atoms with Crippen molar-refractivity contribution in [3.8, 4) is 24.0 Å². The Kier molecular flexibility index (Phi) is 5.68. The van der Waals surface area contributed by atoms with Gasteiger partial charge in [-0.1, -0.05) is 51.0 Å². The van der Waals surface area contributed by atoms with Gasteiger partial charge in [0.05, 0.1) is 0 Å². The minimum atomic E-state index is 0.116. The number of benzene rings is 2. The molecule has 0 radical (unpaired) electrons. The molecule has 0 N–H and O–H groups in total. The van der Waals surface area contributed by atoms with Crippen molar-refractivity contribution in [3.63, 3.8) is 0 Å². The van der Waals surface area contributed by atoms with Crippen LogP contribution in [0, 0.1) is 61.6 Å². The first-order valence-electron chi connectivity index (χ1n) is 13.4. The molecule has 4 bridgehead atoms. The molecule has 0 heterocycles. The second-order valence-electron chi connectivity index (χ2n) is 12.6. The topological polar surface area (TPSA) is 66.0 Å². The zero-order valence-corrected chi connectivity index (χ0v) is 22.7. The molecule has 4 aliphatic carbocycles. The van der Waals surface area contributed by atoms with Crippen molar-refractivity contribution >= 4 is 0 Å². The highest BCUT2D eigenvalue weighted by Crippen LogP contribution is 2.76. The summed E-state index contributed by atoms with van der Waals surface area (Å²) < 4.78 is 10.7. The predicted octanol–water partition coefficient (Wildman–Crippen LogP) is 7.99. The molecule has 0 aromatic heterocycles. The molecule has 4 fully saturated rings. The molecule has 36 heavy (non-hydrogen) atoms. The van der Waals surface area contributed by atoms with Crippen LogP contribution in [-0.2, 0) is 10.8 Å². The number of hydrogen-bond acceptors (Lipinski definition) is 4. The first kappa shape index (κ1) is 24.7. The van der Waals surface area contributed by atoms with Gasteiger partial charge >= 0.3 is 0 Å². The molecule has 2 aromatic rings. The molecule has 0 amide bonds. The van der Waals surface area contributed by atoms with Gasteiger partial charge in [0.1, 0.15) is 11.5 Å². The van der Waals surface area contributed by atoms with Crippen molar-refractivity contribution in [1.29, 1.82) is 10.5 Å². The average molecular weight is 483 g/mol. The van der Waals surface area contributed by atoms with Gasteiger partial charge in [-0.25, -0.2) is 0 Å². The van der Waals surface area contributed by atoms with Crippen molar-refractivity contribution in [2.75, 3.05) is 0 Å². The van der Waals surface area contributed by atoms with Gasteiger partial charge in [-0.2, -0.15) is 0 Å². The fourth-order valence-corrected chi connectivity index (χ4v) is 9.35. The lowest BCUT2D eigenvalue weighted by Gasteiger charge is -2.71. The number of nitriles is 2. The predicted molar refractivity (Wildman–Crippen MR) is 141 cm³/mol. The summed E-state index contributed by atoms with van der Waals surface area (Å²) >= 11 is 0. The smallest absolute Gasteiger partial charge is 0.292 e. The van der Waals surface area contributed by atoms with E-state index in [0.29, 0.717) is 22.3 Å². The van der Waals surface area contributed by atoms with Crippen LogP contribution in [0.3, 0.4) is 0 Å². The van der Waals surface area contributed by atoms with Crippen LogP contribution in [-0.4, -0.2) is 0 Å². The molecule has 0 saturated heterocycles. The third kappa shape index (κ3) is 3.53. The molecule has 0 aliphatic heterocycles. The fraction of sp³-hybridized carbons (Fsp3) is 0.562.